The van der Waals surface area contributed by atoms with Crippen molar-refractivity contribution in [2.45, 2.75) is 24.3 Å². The van der Waals surface area contributed by atoms with Gasteiger partial charge in [0.2, 0.25) is 0 Å². The van der Waals surface area contributed by atoms with Crippen LogP contribution in [0.15, 0.2) is 67.3 Å². The number of hydrogen-bond donors (Lipinski definition) is 1. The maximum Gasteiger partial charge on any atom is 0.341 e. The number of benzene rings is 2. The molecule has 2 aromatic heterocycles. The number of ether oxygens (including phenoxy) is 4. The molecule has 2 fully saturated rings. The molecule has 0 radical (unpaired) electrons. The van der Waals surface area contributed by atoms with Crippen molar-refractivity contribution in [2.24, 2.45) is 0 Å². The number of carbonyl (C=O) groups is 1. The minimum Gasteiger partial charge on any atom is -0.497 e. The number of fused-ring (bicyclic) bond motifs is 1. The fourth-order valence-corrected chi connectivity index (χ4v) is 4.47. The molecule has 184 valence electrons. The van der Waals surface area contributed by atoms with Gasteiger partial charge < -0.3 is 28.8 Å². The van der Waals surface area contributed by atoms with Crippen LogP contribution in [0.5, 0.6) is 17.5 Å². The van der Waals surface area contributed by atoms with Crippen molar-refractivity contribution in [1.29, 1.82) is 0 Å². The van der Waals surface area contributed by atoms with E-state index in [9.17, 15) is 4.79 Å². The number of amides is 1. The number of nitrogens with zero attached hydrogens (tertiary/aromatic N) is 6. The molecule has 36 heavy (non-hydrogen) atoms. The Morgan fingerprint density at radius 2 is 1.81 bits per heavy atom. The second-order valence-electron chi connectivity index (χ2n) is 8.44. The summed E-state index contributed by atoms with van der Waals surface area (Å²) in [7, 11) is 1.58. The van der Waals surface area contributed by atoms with Crippen molar-refractivity contribution < 1.29 is 23.7 Å². The van der Waals surface area contributed by atoms with E-state index in [1.807, 2.05) is 35.0 Å². The highest BCUT2D eigenvalue weighted by atomic mass is 16.6. The molecule has 1 N–H and O–H groups in total. The van der Waals surface area contributed by atoms with Crippen LogP contribution < -0.4 is 14.8 Å². The molecule has 12 heteroatoms. The third-order valence-electron chi connectivity index (χ3n) is 6.32. The maximum absolute atomic E-state index is 12.7. The van der Waals surface area contributed by atoms with E-state index in [1.165, 1.54) is 0 Å². The van der Waals surface area contributed by atoms with Crippen LogP contribution in [0.25, 0.3) is 5.69 Å². The number of methoxy groups -OCH3 is 1. The largest absolute Gasteiger partial charge is 0.497 e. The van der Waals surface area contributed by atoms with E-state index in [0.717, 1.165) is 5.69 Å². The van der Waals surface area contributed by atoms with Crippen molar-refractivity contribution in [3.05, 3.63) is 72.8 Å². The average molecular weight is 489 g/mol. The number of tetrazole rings is 1. The zero-order chi connectivity index (χ0) is 24.5. The first-order chi connectivity index (χ1) is 17.7. The molecule has 2 saturated heterocycles. The standard InChI is InChI=1S/C24H23N7O5/c1-33-17-6-2-15(3-7-17)23(32)26-19-12-34-22-20(13-35-21(19)22)31-24(27-28-29-31)36-18-8-4-16(5-9-18)30-11-10-25-14-30/h2-11,14,19-22H,12-13H2,1H3,(H,26,32)/t19-,20-,21+,22+/m0/s1. The summed E-state index contributed by atoms with van der Waals surface area (Å²) in [4.78, 5) is 16.8. The van der Waals surface area contributed by atoms with Crippen molar-refractivity contribution in [3.63, 3.8) is 0 Å². The van der Waals surface area contributed by atoms with Gasteiger partial charge in [-0.05, 0) is 59.0 Å². The van der Waals surface area contributed by atoms with Crippen LogP contribution in [-0.4, -0.2) is 74.2 Å². The van der Waals surface area contributed by atoms with Gasteiger partial charge in [0.25, 0.3) is 5.91 Å². The molecule has 6 rings (SSSR count). The Labute approximate surface area is 205 Å². The number of aromatic nitrogens is 6. The molecule has 2 aliphatic rings. The van der Waals surface area contributed by atoms with Crippen LogP contribution in [0.2, 0.25) is 0 Å². The molecule has 4 atom stereocenters. The van der Waals surface area contributed by atoms with Gasteiger partial charge in [-0.15, -0.1) is 0 Å². The summed E-state index contributed by atoms with van der Waals surface area (Å²) in [5, 5.41) is 15.0. The molecule has 0 unspecified atom stereocenters. The quantitative estimate of drug-likeness (QED) is 0.413. The highest BCUT2D eigenvalue weighted by molar-refractivity contribution is 5.94. The van der Waals surface area contributed by atoms with Gasteiger partial charge in [0.15, 0.2) is 0 Å². The lowest BCUT2D eigenvalue weighted by atomic mass is 10.1. The van der Waals surface area contributed by atoms with E-state index in [-0.39, 0.29) is 36.2 Å². The number of imidazole rings is 1. The molecule has 1 amide bonds. The maximum atomic E-state index is 12.7. The molecule has 0 spiro atoms. The van der Waals surface area contributed by atoms with E-state index in [1.54, 1.807) is 48.6 Å². The van der Waals surface area contributed by atoms with E-state index in [4.69, 9.17) is 18.9 Å². The average Bonchev–Trinajstić information content (AvgIpc) is 3.71. The van der Waals surface area contributed by atoms with Gasteiger partial charge in [-0.2, -0.15) is 4.68 Å². The first kappa shape index (κ1) is 22.2. The van der Waals surface area contributed by atoms with E-state index in [2.05, 4.69) is 25.8 Å². The predicted octanol–water partition coefficient (Wildman–Crippen LogP) is 1.80. The second kappa shape index (κ2) is 9.40. The minimum absolute atomic E-state index is 0.204. The van der Waals surface area contributed by atoms with Crippen LogP contribution in [0.4, 0.5) is 0 Å². The summed E-state index contributed by atoms with van der Waals surface area (Å²) >= 11 is 0. The number of rotatable bonds is 7. The molecule has 0 aliphatic carbocycles. The molecule has 4 heterocycles. The van der Waals surface area contributed by atoms with Crippen LogP contribution >= 0.6 is 0 Å². The Morgan fingerprint density at radius 1 is 1.03 bits per heavy atom. The summed E-state index contributed by atoms with van der Waals surface area (Å²) in [6.45, 7) is 0.646. The molecule has 0 saturated carbocycles. The van der Waals surface area contributed by atoms with Crippen LogP contribution in [-0.2, 0) is 9.47 Å². The first-order valence-corrected chi connectivity index (χ1v) is 11.4. The fourth-order valence-electron chi connectivity index (χ4n) is 4.47. The Kier molecular flexibility index (Phi) is 5.79. The third-order valence-corrected chi connectivity index (χ3v) is 6.32. The topological polar surface area (TPSA) is 127 Å². The second-order valence-corrected chi connectivity index (χ2v) is 8.44. The van der Waals surface area contributed by atoms with E-state index in [0.29, 0.717) is 30.3 Å². The Bertz CT molecular complexity index is 1320. The SMILES string of the molecule is COc1ccc(C(=O)N[C@H]2CO[C@H]3[C@@H]2OC[C@@H]3n2nnnc2Oc2ccc(-n3ccnc3)cc2)cc1. The van der Waals surface area contributed by atoms with Crippen LogP contribution in [0.3, 0.4) is 0 Å². The summed E-state index contributed by atoms with van der Waals surface area (Å²) in [5.41, 5.74) is 1.48. The molecule has 2 aliphatic heterocycles. The number of carbonyl (C=O) groups excluding carboxylic acids is 1. The first-order valence-electron chi connectivity index (χ1n) is 11.4. The summed E-state index contributed by atoms with van der Waals surface area (Å²) < 4.78 is 26.6. The van der Waals surface area contributed by atoms with Crippen molar-refractivity contribution in [2.75, 3.05) is 20.3 Å². The fraction of sp³-hybridized carbons (Fsp3) is 0.292. The van der Waals surface area contributed by atoms with Gasteiger partial charge in [-0.25, -0.2) is 4.98 Å². The van der Waals surface area contributed by atoms with E-state index >= 15 is 0 Å². The Morgan fingerprint density at radius 3 is 2.56 bits per heavy atom. The summed E-state index contributed by atoms with van der Waals surface area (Å²) in [5.74, 6) is 1.07. The van der Waals surface area contributed by atoms with Gasteiger partial charge in [-0.1, -0.05) is 5.10 Å². The Hall–Kier alpha value is -4.29. The van der Waals surface area contributed by atoms with Gasteiger partial charge in [0, 0.05) is 23.6 Å². The van der Waals surface area contributed by atoms with Crippen LogP contribution in [0, 0.1) is 0 Å². The zero-order valence-electron chi connectivity index (χ0n) is 19.3. The smallest absolute Gasteiger partial charge is 0.341 e. The van der Waals surface area contributed by atoms with Gasteiger partial charge >= 0.3 is 6.01 Å². The van der Waals surface area contributed by atoms with Crippen molar-refractivity contribution in [1.82, 2.24) is 35.1 Å². The molecule has 2 aromatic carbocycles. The number of hydrogen-bond acceptors (Lipinski definition) is 9. The molecule has 4 aromatic rings. The van der Waals surface area contributed by atoms with Gasteiger partial charge in [0.05, 0.1) is 32.7 Å². The predicted molar refractivity (Wildman–Crippen MR) is 124 cm³/mol. The summed E-state index contributed by atoms with van der Waals surface area (Å²) in [6.07, 6.45) is 4.64. The monoisotopic (exact) mass is 489 g/mol. The van der Waals surface area contributed by atoms with Crippen molar-refractivity contribution >= 4 is 5.91 Å². The zero-order valence-corrected chi connectivity index (χ0v) is 19.3. The lowest BCUT2D eigenvalue weighted by Gasteiger charge is -2.18. The van der Waals surface area contributed by atoms with Crippen molar-refractivity contribution in [3.8, 4) is 23.2 Å². The highest BCUT2D eigenvalue weighted by Crippen LogP contribution is 2.36. The summed E-state index contributed by atoms with van der Waals surface area (Å²) in [6, 6.07) is 14.0. The molecule has 0 bridgehead atoms. The molecule has 12 nitrogen and oxygen atoms in total. The third kappa shape index (κ3) is 4.16. The molecular weight excluding hydrogens is 466 g/mol. The van der Waals surface area contributed by atoms with Crippen LogP contribution in [0.1, 0.15) is 16.4 Å². The Balaban J connectivity index is 1.12. The van der Waals surface area contributed by atoms with E-state index < -0.39 is 0 Å². The lowest BCUT2D eigenvalue weighted by molar-refractivity contribution is 0.0606. The molecular formula is C24H23N7O5. The highest BCUT2D eigenvalue weighted by Gasteiger charge is 2.50. The minimum atomic E-state index is -0.333. The number of nitrogens with one attached hydrogen (secondary N) is 1. The lowest BCUT2D eigenvalue weighted by Crippen LogP contribution is -2.44. The van der Waals surface area contributed by atoms with Gasteiger partial charge in [0.1, 0.15) is 29.7 Å². The van der Waals surface area contributed by atoms with Gasteiger partial charge in [-0.3, -0.25) is 4.79 Å². The normalized spacial score (nSPS) is 22.8.